The summed E-state index contributed by atoms with van der Waals surface area (Å²) >= 11 is 7.04. The number of thiophene rings is 1. The van der Waals surface area contributed by atoms with Crippen molar-refractivity contribution >= 4 is 34.8 Å². The molecule has 2 aromatic rings. The molecule has 0 atom stereocenters. The number of nitrogen functional groups attached to an aromatic ring is 1. The number of primary amides is 1. The van der Waals surface area contributed by atoms with E-state index in [2.05, 4.69) is 0 Å². The molecular formula is C12H10ClN3O2S. The van der Waals surface area contributed by atoms with Gasteiger partial charge in [0.1, 0.15) is 4.88 Å². The van der Waals surface area contributed by atoms with E-state index < -0.39 is 11.8 Å². The maximum Gasteiger partial charge on any atom is 0.276 e. The number of hydrogen-bond acceptors (Lipinski definition) is 4. The van der Waals surface area contributed by atoms with Crippen molar-refractivity contribution < 1.29 is 9.59 Å². The van der Waals surface area contributed by atoms with Gasteiger partial charge in [0.05, 0.1) is 5.56 Å². The summed E-state index contributed by atoms with van der Waals surface area (Å²) in [7, 11) is 0. The molecule has 19 heavy (non-hydrogen) atoms. The molecule has 0 radical (unpaired) electrons. The number of halogens is 1. The molecule has 1 aromatic heterocycles. The molecule has 2 rings (SSSR count). The first-order valence-electron chi connectivity index (χ1n) is 5.23. The Morgan fingerprint density at radius 1 is 1.26 bits per heavy atom. The van der Waals surface area contributed by atoms with Gasteiger partial charge in [0.25, 0.3) is 5.91 Å². The maximum absolute atomic E-state index is 11.6. The summed E-state index contributed by atoms with van der Waals surface area (Å²) in [4.78, 5) is 23.8. The highest BCUT2D eigenvalue weighted by Crippen LogP contribution is 2.32. The summed E-state index contributed by atoms with van der Waals surface area (Å²) < 4.78 is 0. The summed E-state index contributed by atoms with van der Waals surface area (Å²) in [6.45, 7) is 0. The van der Waals surface area contributed by atoms with Crippen LogP contribution in [0, 0.1) is 0 Å². The molecule has 2 amide bonds. The lowest BCUT2D eigenvalue weighted by Gasteiger charge is -1.97. The first-order chi connectivity index (χ1) is 9.02. The Labute approximate surface area is 118 Å². The lowest BCUT2D eigenvalue weighted by atomic mass is 10.1. The predicted molar refractivity (Wildman–Crippen MR) is 74.9 cm³/mol. The first-order valence-corrected chi connectivity index (χ1v) is 6.43. The quantitative estimate of drug-likeness (QED) is 0.457. The van der Waals surface area contributed by atoms with Gasteiger partial charge in [-0.05, 0) is 23.8 Å². The van der Waals surface area contributed by atoms with Crippen LogP contribution in [0.25, 0.3) is 10.4 Å². The monoisotopic (exact) mass is 295 g/mol. The van der Waals surface area contributed by atoms with Crippen LogP contribution in [0.4, 0.5) is 0 Å². The number of hydrogen-bond donors (Lipinski definition) is 3. The molecule has 0 saturated carbocycles. The normalized spacial score (nSPS) is 10.2. The van der Waals surface area contributed by atoms with Crippen LogP contribution in [-0.2, 0) is 0 Å². The summed E-state index contributed by atoms with van der Waals surface area (Å²) in [5, 5.41) is 0.566. The molecule has 98 valence electrons. The van der Waals surface area contributed by atoms with Gasteiger partial charge in [-0.15, -0.1) is 11.3 Å². The average Bonchev–Trinajstić information content (AvgIpc) is 2.83. The Morgan fingerprint density at radius 2 is 2.00 bits per heavy atom. The number of carbonyl (C=O) groups is 2. The van der Waals surface area contributed by atoms with E-state index >= 15 is 0 Å². The van der Waals surface area contributed by atoms with Crippen LogP contribution in [0.1, 0.15) is 20.0 Å². The van der Waals surface area contributed by atoms with Crippen LogP contribution in [0.15, 0.2) is 30.3 Å². The van der Waals surface area contributed by atoms with Crippen molar-refractivity contribution in [2.75, 3.05) is 0 Å². The molecule has 5 N–H and O–H groups in total. The first kappa shape index (κ1) is 13.5. The van der Waals surface area contributed by atoms with Crippen molar-refractivity contribution in [1.29, 1.82) is 0 Å². The van der Waals surface area contributed by atoms with E-state index in [1.807, 2.05) is 11.5 Å². The topological polar surface area (TPSA) is 98.2 Å². The molecular weight excluding hydrogens is 286 g/mol. The van der Waals surface area contributed by atoms with Crippen molar-refractivity contribution in [2.45, 2.75) is 0 Å². The van der Waals surface area contributed by atoms with Gasteiger partial charge in [0, 0.05) is 9.90 Å². The van der Waals surface area contributed by atoms with Crippen LogP contribution >= 0.6 is 22.9 Å². The third kappa shape index (κ3) is 2.76. The molecule has 0 aliphatic heterocycles. The number of nitrogens with one attached hydrogen (secondary N) is 1. The molecule has 0 saturated heterocycles. The standard InChI is InChI=1S/C12H10ClN3O2S/c13-7-3-1-2-6(4-7)9-5-8(11(14)17)10(19-9)12(18)16-15/h1-5H,15H2,(H2,14,17)(H,16,18). The van der Waals surface area contributed by atoms with Gasteiger partial charge >= 0.3 is 0 Å². The van der Waals surface area contributed by atoms with Gasteiger partial charge in [-0.3, -0.25) is 15.0 Å². The fourth-order valence-electron chi connectivity index (χ4n) is 1.59. The van der Waals surface area contributed by atoms with E-state index in [0.29, 0.717) is 5.02 Å². The van der Waals surface area contributed by atoms with Gasteiger partial charge in [0.15, 0.2) is 0 Å². The van der Waals surface area contributed by atoms with E-state index in [4.69, 9.17) is 23.2 Å². The summed E-state index contributed by atoms with van der Waals surface area (Å²) in [6.07, 6.45) is 0. The van der Waals surface area contributed by atoms with Crippen LogP contribution in [0.3, 0.4) is 0 Å². The lowest BCUT2D eigenvalue weighted by molar-refractivity contribution is 0.0940. The fraction of sp³-hybridized carbons (Fsp3) is 0. The van der Waals surface area contributed by atoms with E-state index in [1.165, 1.54) is 0 Å². The molecule has 0 fully saturated rings. The molecule has 1 heterocycles. The van der Waals surface area contributed by atoms with Gasteiger partial charge < -0.3 is 5.73 Å². The molecule has 0 bridgehead atoms. The smallest absolute Gasteiger partial charge is 0.276 e. The second-order valence-electron chi connectivity index (χ2n) is 3.70. The van der Waals surface area contributed by atoms with E-state index in [9.17, 15) is 9.59 Å². The Bertz CT molecular complexity index is 654. The number of hydrazine groups is 1. The van der Waals surface area contributed by atoms with Crippen LogP contribution in [0.5, 0.6) is 0 Å². The summed E-state index contributed by atoms with van der Waals surface area (Å²) in [5.41, 5.74) is 8.18. The minimum absolute atomic E-state index is 0.142. The van der Waals surface area contributed by atoms with Crippen molar-refractivity contribution in [3.05, 3.63) is 45.8 Å². The van der Waals surface area contributed by atoms with Crippen LogP contribution in [-0.4, -0.2) is 11.8 Å². The highest BCUT2D eigenvalue weighted by atomic mass is 35.5. The largest absolute Gasteiger partial charge is 0.366 e. The zero-order valence-electron chi connectivity index (χ0n) is 9.64. The lowest BCUT2D eigenvalue weighted by Crippen LogP contribution is -2.31. The van der Waals surface area contributed by atoms with Gasteiger partial charge in [-0.1, -0.05) is 23.7 Å². The second-order valence-corrected chi connectivity index (χ2v) is 5.19. The Hall–Kier alpha value is -1.89. The summed E-state index contributed by atoms with van der Waals surface area (Å²) in [6, 6.07) is 8.64. The van der Waals surface area contributed by atoms with Crippen molar-refractivity contribution in [1.82, 2.24) is 5.43 Å². The van der Waals surface area contributed by atoms with Gasteiger partial charge in [-0.25, -0.2) is 5.84 Å². The number of rotatable bonds is 3. The number of amides is 2. The third-order valence-electron chi connectivity index (χ3n) is 2.44. The maximum atomic E-state index is 11.6. The second kappa shape index (κ2) is 5.40. The minimum Gasteiger partial charge on any atom is -0.366 e. The van der Waals surface area contributed by atoms with Crippen molar-refractivity contribution in [3.63, 3.8) is 0 Å². The van der Waals surface area contributed by atoms with E-state index in [-0.39, 0.29) is 10.4 Å². The minimum atomic E-state index is -0.678. The highest BCUT2D eigenvalue weighted by molar-refractivity contribution is 7.17. The average molecular weight is 296 g/mol. The zero-order valence-corrected chi connectivity index (χ0v) is 11.2. The van der Waals surface area contributed by atoms with Gasteiger partial charge in [0.2, 0.25) is 5.91 Å². The molecule has 7 heteroatoms. The Morgan fingerprint density at radius 3 is 2.58 bits per heavy atom. The number of carbonyl (C=O) groups excluding carboxylic acids is 2. The van der Waals surface area contributed by atoms with E-state index in [0.717, 1.165) is 21.8 Å². The third-order valence-corrected chi connectivity index (χ3v) is 3.86. The van der Waals surface area contributed by atoms with Crippen molar-refractivity contribution in [2.24, 2.45) is 11.6 Å². The predicted octanol–water partition coefficient (Wildman–Crippen LogP) is 1.77. The molecule has 0 unspecified atom stereocenters. The molecule has 1 aromatic carbocycles. The molecule has 5 nitrogen and oxygen atoms in total. The number of benzene rings is 1. The zero-order chi connectivity index (χ0) is 14.0. The molecule has 0 aliphatic carbocycles. The Balaban J connectivity index is 2.54. The summed E-state index contributed by atoms with van der Waals surface area (Å²) in [5.74, 6) is 3.85. The molecule has 0 spiro atoms. The van der Waals surface area contributed by atoms with Crippen LogP contribution in [0.2, 0.25) is 5.02 Å². The van der Waals surface area contributed by atoms with Crippen LogP contribution < -0.4 is 17.0 Å². The van der Waals surface area contributed by atoms with E-state index in [1.54, 1.807) is 24.3 Å². The Kier molecular flexibility index (Phi) is 3.84. The SMILES string of the molecule is NNC(=O)c1sc(-c2cccc(Cl)c2)cc1C(N)=O. The highest BCUT2D eigenvalue weighted by Gasteiger charge is 2.19. The fourth-order valence-corrected chi connectivity index (χ4v) is 2.85. The van der Waals surface area contributed by atoms with Gasteiger partial charge in [-0.2, -0.15) is 0 Å². The van der Waals surface area contributed by atoms with Crippen molar-refractivity contribution in [3.8, 4) is 10.4 Å². The number of nitrogens with two attached hydrogens (primary N) is 2. The molecule has 0 aliphatic rings.